The molecule has 4 aromatic rings. The van der Waals surface area contributed by atoms with Crippen LogP contribution < -0.4 is 5.73 Å². The summed E-state index contributed by atoms with van der Waals surface area (Å²) >= 11 is 9.36. The van der Waals surface area contributed by atoms with E-state index in [1.165, 1.54) is 0 Å². The zero-order valence-electron chi connectivity index (χ0n) is 19.5. The van der Waals surface area contributed by atoms with Crippen LogP contribution in [0.1, 0.15) is 34.8 Å². The highest BCUT2D eigenvalue weighted by Gasteiger charge is 2.38. The number of nitrogens with zero attached hydrogens (tertiary/aromatic N) is 5. The maximum atomic E-state index is 13.6. The van der Waals surface area contributed by atoms with Crippen molar-refractivity contribution in [3.63, 3.8) is 0 Å². The van der Waals surface area contributed by atoms with Crippen LogP contribution in [0.5, 0.6) is 0 Å². The standard InChI is InChI=1S/C22H18BrClN6O.C2HF3O2/c1-13(21-26-7-2-8-27-21)30(12-17-5-4-16(24)11-28-17)22(31)14-3-6-19-15(9-14)10-18(23)20(25)29-19;3-2(4,5)1(6)7/h2-11,13H,12H2,1H3,(H2,25,29);(H,6,7)/t13-;/m1./s1. The zero-order valence-corrected chi connectivity index (χ0v) is 21.9. The zero-order chi connectivity index (χ0) is 28.0. The number of aliphatic carboxylic acids is 1. The highest BCUT2D eigenvalue weighted by molar-refractivity contribution is 9.10. The number of nitrogens with two attached hydrogens (primary N) is 1. The van der Waals surface area contributed by atoms with Crippen molar-refractivity contribution < 1.29 is 27.9 Å². The Labute approximate surface area is 227 Å². The van der Waals surface area contributed by atoms with E-state index in [4.69, 9.17) is 27.2 Å². The van der Waals surface area contributed by atoms with Gasteiger partial charge in [0.25, 0.3) is 5.91 Å². The van der Waals surface area contributed by atoms with E-state index in [1.807, 2.05) is 13.0 Å². The topological polar surface area (TPSA) is 135 Å². The molecule has 0 radical (unpaired) electrons. The van der Waals surface area contributed by atoms with E-state index in [0.717, 1.165) is 5.39 Å². The third-order valence-electron chi connectivity index (χ3n) is 5.09. The third kappa shape index (κ3) is 7.35. The molecule has 0 saturated heterocycles. The van der Waals surface area contributed by atoms with E-state index in [9.17, 15) is 18.0 Å². The van der Waals surface area contributed by atoms with Crippen LogP contribution in [0.4, 0.5) is 19.0 Å². The van der Waals surface area contributed by atoms with E-state index in [2.05, 4.69) is 35.9 Å². The quantitative estimate of drug-likeness (QED) is 0.304. The van der Waals surface area contributed by atoms with Crippen molar-refractivity contribution in [2.75, 3.05) is 5.73 Å². The number of carboxylic acid groups (broad SMARTS) is 1. The highest BCUT2D eigenvalue weighted by Crippen LogP contribution is 2.27. The summed E-state index contributed by atoms with van der Waals surface area (Å²) in [6, 6.07) is 12.1. The fraction of sp³-hybridized carbons (Fsp3) is 0.167. The highest BCUT2D eigenvalue weighted by atomic mass is 79.9. The Hall–Kier alpha value is -3.84. The Kier molecular flexibility index (Phi) is 9.17. The maximum Gasteiger partial charge on any atom is 0.490 e. The number of carbonyl (C=O) groups excluding carboxylic acids is 1. The number of alkyl halides is 3. The fourth-order valence-corrected chi connectivity index (χ4v) is 3.64. The van der Waals surface area contributed by atoms with Gasteiger partial charge in [0.15, 0.2) is 0 Å². The molecular formula is C24H19BrClF3N6O3. The number of hydrogen-bond donors (Lipinski definition) is 2. The van der Waals surface area contributed by atoms with Gasteiger partial charge in [-0.15, -0.1) is 0 Å². The minimum atomic E-state index is -5.08. The summed E-state index contributed by atoms with van der Waals surface area (Å²) in [5.74, 6) is -1.99. The molecule has 3 heterocycles. The van der Waals surface area contributed by atoms with Crippen LogP contribution in [0, 0.1) is 0 Å². The molecule has 0 aliphatic rings. The van der Waals surface area contributed by atoms with Gasteiger partial charge in [0, 0.05) is 29.5 Å². The molecule has 3 N–H and O–H groups in total. The third-order valence-corrected chi connectivity index (χ3v) is 5.95. The van der Waals surface area contributed by atoms with Crippen molar-refractivity contribution >= 4 is 56.1 Å². The molecule has 0 aliphatic carbocycles. The summed E-state index contributed by atoms with van der Waals surface area (Å²) in [5.41, 5.74) is 7.80. The number of carbonyl (C=O) groups is 2. The predicted octanol–water partition coefficient (Wildman–Crippen LogP) is 5.45. The van der Waals surface area contributed by atoms with Gasteiger partial charge in [0.1, 0.15) is 11.6 Å². The van der Waals surface area contributed by atoms with Crippen LogP contribution in [-0.4, -0.2) is 48.0 Å². The van der Waals surface area contributed by atoms with Crippen molar-refractivity contribution in [3.8, 4) is 0 Å². The summed E-state index contributed by atoms with van der Waals surface area (Å²) in [4.78, 5) is 41.5. The van der Waals surface area contributed by atoms with Gasteiger partial charge in [-0.1, -0.05) is 11.6 Å². The first-order valence-corrected chi connectivity index (χ1v) is 11.9. The van der Waals surface area contributed by atoms with Gasteiger partial charge in [0.2, 0.25) is 0 Å². The molecule has 14 heteroatoms. The van der Waals surface area contributed by atoms with Crippen LogP contribution in [0.3, 0.4) is 0 Å². The number of amides is 1. The number of benzene rings is 1. The van der Waals surface area contributed by atoms with Crippen molar-refractivity contribution in [3.05, 3.63) is 87.6 Å². The largest absolute Gasteiger partial charge is 0.490 e. The van der Waals surface area contributed by atoms with Crippen LogP contribution in [0.15, 0.2) is 65.5 Å². The van der Waals surface area contributed by atoms with Gasteiger partial charge in [-0.05, 0) is 65.3 Å². The van der Waals surface area contributed by atoms with E-state index in [-0.39, 0.29) is 18.5 Å². The van der Waals surface area contributed by atoms with Crippen LogP contribution in [0.2, 0.25) is 5.02 Å². The molecule has 0 bridgehead atoms. The Morgan fingerprint density at radius 3 is 2.37 bits per heavy atom. The molecule has 3 aromatic heterocycles. The summed E-state index contributed by atoms with van der Waals surface area (Å²) in [6.45, 7) is 2.17. The molecule has 1 aromatic carbocycles. The Morgan fingerprint density at radius 2 is 1.79 bits per heavy atom. The monoisotopic (exact) mass is 610 g/mol. The molecule has 38 heavy (non-hydrogen) atoms. The summed E-state index contributed by atoms with van der Waals surface area (Å²) in [5, 5.41) is 8.47. The number of carboxylic acids is 1. The predicted molar refractivity (Wildman–Crippen MR) is 137 cm³/mol. The molecule has 0 fully saturated rings. The second kappa shape index (κ2) is 12.1. The van der Waals surface area contributed by atoms with E-state index in [1.54, 1.807) is 59.9 Å². The van der Waals surface area contributed by atoms with E-state index < -0.39 is 12.1 Å². The van der Waals surface area contributed by atoms with E-state index in [0.29, 0.717) is 37.9 Å². The van der Waals surface area contributed by atoms with Gasteiger partial charge in [-0.2, -0.15) is 13.2 Å². The van der Waals surface area contributed by atoms with Gasteiger partial charge < -0.3 is 15.7 Å². The first kappa shape index (κ1) is 28.7. The van der Waals surface area contributed by atoms with Crippen molar-refractivity contribution in [1.82, 2.24) is 24.8 Å². The van der Waals surface area contributed by atoms with Crippen LogP contribution in [0.25, 0.3) is 10.9 Å². The van der Waals surface area contributed by atoms with Crippen molar-refractivity contribution in [2.24, 2.45) is 0 Å². The number of nitrogen functional groups attached to an aromatic ring is 1. The molecule has 198 valence electrons. The Bertz CT molecular complexity index is 1440. The number of halogens is 5. The summed E-state index contributed by atoms with van der Waals surface area (Å²) in [7, 11) is 0. The number of anilines is 1. The van der Waals surface area contributed by atoms with Gasteiger partial charge in [0.05, 0.1) is 33.3 Å². The lowest BCUT2D eigenvalue weighted by molar-refractivity contribution is -0.192. The fourth-order valence-electron chi connectivity index (χ4n) is 3.19. The maximum absolute atomic E-state index is 13.6. The number of fused-ring (bicyclic) bond motifs is 1. The average Bonchev–Trinajstić information content (AvgIpc) is 2.88. The number of pyridine rings is 2. The smallest absolute Gasteiger partial charge is 0.475 e. The minimum Gasteiger partial charge on any atom is -0.475 e. The average molecular weight is 612 g/mol. The number of hydrogen-bond acceptors (Lipinski definition) is 7. The van der Waals surface area contributed by atoms with E-state index >= 15 is 0 Å². The SMILES string of the molecule is C[C@H](c1ncccn1)N(Cc1ccc(Cl)cn1)C(=O)c1ccc2nc(N)c(Br)cc2c1.O=C(O)C(F)(F)F. The van der Waals surface area contributed by atoms with Gasteiger partial charge in [-0.3, -0.25) is 9.78 Å². The van der Waals surface area contributed by atoms with Crippen LogP contribution >= 0.6 is 27.5 Å². The number of aromatic nitrogens is 4. The first-order chi connectivity index (χ1) is 17.9. The Morgan fingerprint density at radius 1 is 1.13 bits per heavy atom. The van der Waals surface area contributed by atoms with Crippen LogP contribution in [-0.2, 0) is 11.3 Å². The molecular weight excluding hydrogens is 593 g/mol. The number of rotatable bonds is 5. The molecule has 0 saturated carbocycles. The lowest BCUT2D eigenvalue weighted by atomic mass is 10.1. The molecule has 0 unspecified atom stereocenters. The minimum absolute atomic E-state index is 0.174. The lowest BCUT2D eigenvalue weighted by Crippen LogP contribution is -2.34. The molecule has 1 atom stereocenters. The van der Waals surface area contributed by atoms with Crippen molar-refractivity contribution in [1.29, 1.82) is 0 Å². The summed E-state index contributed by atoms with van der Waals surface area (Å²) < 4.78 is 32.4. The lowest BCUT2D eigenvalue weighted by Gasteiger charge is -2.28. The van der Waals surface area contributed by atoms with Crippen molar-refractivity contribution in [2.45, 2.75) is 25.7 Å². The van der Waals surface area contributed by atoms with Gasteiger partial charge in [-0.25, -0.2) is 19.7 Å². The molecule has 4 rings (SSSR count). The summed E-state index contributed by atoms with van der Waals surface area (Å²) in [6.07, 6.45) is -0.204. The molecule has 0 aliphatic heterocycles. The van der Waals surface area contributed by atoms with Gasteiger partial charge >= 0.3 is 12.1 Å². The molecule has 1 amide bonds. The molecule has 0 spiro atoms. The normalized spacial score (nSPS) is 11.8. The molecule has 9 nitrogen and oxygen atoms in total. The second-order valence-electron chi connectivity index (χ2n) is 7.75. The second-order valence-corrected chi connectivity index (χ2v) is 9.04. The Balaban J connectivity index is 0.000000505. The first-order valence-electron chi connectivity index (χ1n) is 10.7.